The highest BCUT2D eigenvalue weighted by atomic mass is 79.9. The Morgan fingerprint density at radius 3 is 2.35 bits per heavy atom. The number of benzene rings is 3. The zero-order valence-corrected chi connectivity index (χ0v) is 23.2. The Balaban J connectivity index is 1.49. The summed E-state index contributed by atoms with van der Waals surface area (Å²) in [5, 5.41) is 2.85. The monoisotopic (exact) mass is 587 g/mol. The molecule has 0 aliphatic carbocycles. The second-order valence-electron chi connectivity index (χ2n) is 8.69. The first kappa shape index (κ1) is 27.0. The van der Waals surface area contributed by atoms with Crippen LogP contribution in [0.4, 0.5) is 11.4 Å². The lowest BCUT2D eigenvalue weighted by atomic mass is 10.2. The normalized spacial score (nSPS) is 13.8. The van der Waals surface area contributed by atoms with Crippen molar-refractivity contribution in [1.82, 2.24) is 5.32 Å². The highest BCUT2D eigenvalue weighted by Gasteiger charge is 2.28. The number of ether oxygens (including phenoxy) is 2. The number of carbonyl (C=O) groups is 1. The van der Waals surface area contributed by atoms with E-state index >= 15 is 0 Å². The minimum absolute atomic E-state index is 0.0484. The Labute approximate surface area is 226 Å². The zero-order chi connectivity index (χ0) is 26.4. The second kappa shape index (κ2) is 12.0. The molecule has 1 N–H and O–H groups in total. The smallest absolute Gasteiger partial charge is 0.264 e. The number of hydrogen-bond acceptors (Lipinski definition) is 6. The molecule has 3 aromatic rings. The van der Waals surface area contributed by atoms with Gasteiger partial charge in [-0.3, -0.25) is 9.10 Å². The van der Waals surface area contributed by atoms with Crippen molar-refractivity contribution >= 4 is 43.2 Å². The van der Waals surface area contributed by atoms with Crippen molar-refractivity contribution < 1.29 is 22.7 Å². The van der Waals surface area contributed by atoms with Gasteiger partial charge in [-0.05, 0) is 70.9 Å². The van der Waals surface area contributed by atoms with Crippen molar-refractivity contribution in [1.29, 1.82) is 0 Å². The third-order valence-corrected chi connectivity index (χ3v) is 8.51. The lowest BCUT2D eigenvalue weighted by molar-refractivity contribution is -0.119. The molecule has 1 amide bonds. The molecule has 1 saturated heterocycles. The molecule has 1 heterocycles. The van der Waals surface area contributed by atoms with Gasteiger partial charge in [-0.25, -0.2) is 8.42 Å². The van der Waals surface area contributed by atoms with Crippen molar-refractivity contribution in [2.45, 2.75) is 18.4 Å². The third-order valence-electron chi connectivity index (χ3n) is 6.12. The van der Waals surface area contributed by atoms with Gasteiger partial charge in [-0.15, -0.1) is 0 Å². The fourth-order valence-corrected chi connectivity index (χ4v) is 6.13. The SMILES string of the molecule is COc1ccc(S(=O)(=O)N(CC(=O)NCc2ccc(N3CCOCC3)cc2)c2ccc(C)cc2)cc1Br. The number of halogens is 1. The van der Waals surface area contributed by atoms with Crippen molar-refractivity contribution in [3.05, 3.63) is 82.3 Å². The van der Waals surface area contributed by atoms with E-state index in [4.69, 9.17) is 9.47 Å². The Morgan fingerprint density at radius 1 is 1.05 bits per heavy atom. The van der Waals surface area contributed by atoms with Gasteiger partial charge < -0.3 is 19.7 Å². The van der Waals surface area contributed by atoms with Gasteiger partial charge in [0.15, 0.2) is 0 Å². The first-order chi connectivity index (χ1) is 17.8. The molecule has 0 atom stereocenters. The van der Waals surface area contributed by atoms with Crippen LogP contribution in [0.3, 0.4) is 0 Å². The summed E-state index contributed by atoms with van der Waals surface area (Å²) in [5.74, 6) is 0.104. The topological polar surface area (TPSA) is 88.2 Å². The molecule has 0 unspecified atom stereocenters. The average molecular weight is 589 g/mol. The van der Waals surface area contributed by atoms with E-state index in [1.807, 2.05) is 43.3 Å². The van der Waals surface area contributed by atoms with Crippen LogP contribution in [0.15, 0.2) is 76.1 Å². The molecular formula is C27H30BrN3O5S. The second-order valence-corrected chi connectivity index (χ2v) is 11.4. The van der Waals surface area contributed by atoms with Crippen LogP contribution >= 0.6 is 15.9 Å². The number of amides is 1. The predicted molar refractivity (Wildman–Crippen MR) is 148 cm³/mol. The molecule has 37 heavy (non-hydrogen) atoms. The van der Waals surface area contributed by atoms with E-state index in [1.165, 1.54) is 19.2 Å². The summed E-state index contributed by atoms with van der Waals surface area (Å²) in [6, 6.07) is 19.5. The van der Waals surface area contributed by atoms with Crippen LogP contribution in [0, 0.1) is 6.92 Å². The largest absolute Gasteiger partial charge is 0.496 e. The van der Waals surface area contributed by atoms with Crippen molar-refractivity contribution in [2.75, 3.05) is 49.2 Å². The molecule has 4 rings (SSSR count). The summed E-state index contributed by atoms with van der Waals surface area (Å²) in [6.45, 7) is 4.98. The first-order valence-corrected chi connectivity index (χ1v) is 14.1. The number of sulfonamides is 1. The van der Waals surface area contributed by atoms with E-state index < -0.39 is 15.9 Å². The van der Waals surface area contributed by atoms with E-state index in [0.717, 1.165) is 34.2 Å². The summed E-state index contributed by atoms with van der Waals surface area (Å²) in [6.07, 6.45) is 0. The van der Waals surface area contributed by atoms with E-state index in [2.05, 4.69) is 26.1 Å². The number of aryl methyl sites for hydroxylation is 1. The fourth-order valence-electron chi connectivity index (χ4n) is 3.99. The number of anilines is 2. The number of hydrogen-bond donors (Lipinski definition) is 1. The third kappa shape index (κ3) is 6.63. The summed E-state index contributed by atoms with van der Waals surface area (Å²) in [5.41, 5.74) is 3.43. The lowest BCUT2D eigenvalue weighted by Gasteiger charge is -2.29. The molecular weight excluding hydrogens is 558 g/mol. The number of carbonyl (C=O) groups excluding carboxylic acids is 1. The maximum absolute atomic E-state index is 13.6. The van der Waals surface area contributed by atoms with Gasteiger partial charge in [0.05, 0.1) is 35.4 Å². The van der Waals surface area contributed by atoms with Crippen LogP contribution < -0.4 is 19.3 Å². The molecule has 1 fully saturated rings. The summed E-state index contributed by atoms with van der Waals surface area (Å²) < 4.78 is 39.5. The fraction of sp³-hybridized carbons (Fsp3) is 0.296. The Kier molecular flexibility index (Phi) is 8.73. The van der Waals surface area contributed by atoms with Gasteiger partial charge in [-0.1, -0.05) is 29.8 Å². The molecule has 0 spiro atoms. The Morgan fingerprint density at radius 2 is 1.73 bits per heavy atom. The van der Waals surface area contributed by atoms with E-state index in [9.17, 15) is 13.2 Å². The molecule has 1 aliphatic heterocycles. The van der Waals surface area contributed by atoms with Crippen molar-refractivity contribution in [3.8, 4) is 5.75 Å². The molecule has 0 radical (unpaired) electrons. The highest BCUT2D eigenvalue weighted by molar-refractivity contribution is 9.10. The number of morpholine rings is 1. The van der Waals surface area contributed by atoms with Gasteiger partial charge in [0.1, 0.15) is 12.3 Å². The number of nitrogens with zero attached hydrogens (tertiary/aromatic N) is 2. The first-order valence-electron chi connectivity index (χ1n) is 11.9. The van der Waals surface area contributed by atoms with E-state index in [0.29, 0.717) is 29.1 Å². The summed E-state index contributed by atoms with van der Waals surface area (Å²) >= 11 is 3.35. The minimum atomic E-state index is -4.04. The highest BCUT2D eigenvalue weighted by Crippen LogP contribution is 2.30. The zero-order valence-electron chi connectivity index (χ0n) is 20.8. The molecule has 8 nitrogen and oxygen atoms in total. The van der Waals surface area contributed by atoms with Crippen molar-refractivity contribution in [2.24, 2.45) is 0 Å². The molecule has 196 valence electrons. The van der Waals surface area contributed by atoms with Crippen LogP contribution in [-0.2, 0) is 26.1 Å². The van der Waals surface area contributed by atoms with Gasteiger partial charge >= 0.3 is 0 Å². The molecule has 3 aromatic carbocycles. The van der Waals surface area contributed by atoms with Crippen LogP contribution in [-0.4, -0.2) is 54.3 Å². The van der Waals surface area contributed by atoms with Gasteiger partial charge in [0.25, 0.3) is 10.0 Å². The maximum atomic E-state index is 13.6. The summed E-state index contributed by atoms with van der Waals surface area (Å²) in [7, 11) is -2.53. The van der Waals surface area contributed by atoms with Crippen LogP contribution in [0.25, 0.3) is 0 Å². The molecule has 0 bridgehead atoms. The van der Waals surface area contributed by atoms with Crippen LogP contribution in [0.1, 0.15) is 11.1 Å². The quantitative estimate of drug-likeness (QED) is 0.405. The van der Waals surface area contributed by atoms with E-state index in [1.54, 1.807) is 18.2 Å². The number of methoxy groups -OCH3 is 1. The van der Waals surface area contributed by atoms with Gasteiger partial charge in [0.2, 0.25) is 5.91 Å². The lowest BCUT2D eigenvalue weighted by Crippen LogP contribution is -2.40. The average Bonchev–Trinajstić information content (AvgIpc) is 2.92. The minimum Gasteiger partial charge on any atom is -0.496 e. The maximum Gasteiger partial charge on any atom is 0.264 e. The van der Waals surface area contributed by atoms with Crippen LogP contribution in [0.5, 0.6) is 5.75 Å². The predicted octanol–water partition coefficient (Wildman–Crippen LogP) is 4.11. The number of rotatable bonds is 9. The summed E-state index contributed by atoms with van der Waals surface area (Å²) in [4.78, 5) is 15.3. The molecule has 0 saturated carbocycles. The van der Waals surface area contributed by atoms with Crippen LogP contribution in [0.2, 0.25) is 0 Å². The van der Waals surface area contributed by atoms with E-state index in [-0.39, 0.29) is 18.0 Å². The van der Waals surface area contributed by atoms with Gasteiger partial charge in [0, 0.05) is 25.3 Å². The van der Waals surface area contributed by atoms with Gasteiger partial charge in [-0.2, -0.15) is 0 Å². The molecule has 0 aromatic heterocycles. The standard InChI is InChI=1S/C27H30BrN3O5S/c1-20-3-7-23(8-4-20)31(37(33,34)24-11-12-26(35-2)25(28)17-24)19-27(32)29-18-21-5-9-22(10-6-21)30-13-15-36-16-14-30/h3-12,17H,13-16,18-19H2,1-2H3,(H,29,32). The molecule has 10 heteroatoms. The Bertz CT molecular complexity index is 1330. The Hall–Kier alpha value is -3.08. The van der Waals surface area contributed by atoms with Crippen molar-refractivity contribution in [3.63, 3.8) is 0 Å². The number of nitrogens with one attached hydrogen (secondary N) is 1. The molecule has 1 aliphatic rings.